The van der Waals surface area contributed by atoms with Crippen molar-refractivity contribution >= 4 is 11.4 Å². The standard InChI is InChI=1S/C40H29N3O/c41-34(28-13-4-1-5-14-28)25-26-35(42)37-21-12-20-36(43-37)29-23-24-33-39(27-29)44-38-22-11-10-19-32(38)40(33,30-15-6-2-7-16-30)31-17-8-3-9-18-31/h1-27,41-42H/b26-25-,41-34?,42-35?. The smallest absolute Gasteiger partial charge is 0.132 e. The summed E-state index contributed by atoms with van der Waals surface area (Å²) >= 11 is 0. The lowest BCUT2D eigenvalue weighted by atomic mass is 9.63. The predicted octanol–water partition coefficient (Wildman–Crippen LogP) is 9.23. The second-order valence-corrected chi connectivity index (χ2v) is 10.7. The monoisotopic (exact) mass is 567 g/mol. The topological polar surface area (TPSA) is 69.8 Å². The molecule has 0 amide bonds. The molecule has 0 fully saturated rings. The summed E-state index contributed by atoms with van der Waals surface area (Å²) in [6.07, 6.45) is 3.27. The molecule has 1 aliphatic heterocycles. The number of rotatable bonds is 7. The minimum absolute atomic E-state index is 0.239. The molecule has 1 aliphatic rings. The van der Waals surface area contributed by atoms with Crippen LogP contribution in [0.3, 0.4) is 0 Å². The first kappa shape index (κ1) is 27.0. The quantitative estimate of drug-likeness (QED) is 0.189. The molecule has 0 unspecified atom stereocenters. The van der Waals surface area contributed by atoms with Crippen molar-refractivity contribution in [1.82, 2.24) is 4.98 Å². The molecule has 4 heteroatoms. The van der Waals surface area contributed by atoms with Gasteiger partial charge in [-0.15, -0.1) is 0 Å². The van der Waals surface area contributed by atoms with Gasteiger partial charge in [0.2, 0.25) is 0 Å². The van der Waals surface area contributed by atoms with Gasteiger partial charge in [-0.05, 0) is 53.1 Å². The van der Waals surface area contributed by atoms with Gasteiger partial charge in [-0.2, -0.15) is 0 Å². The van der Waals surface area contributed by atoms with E-state index < -0.39 is 5.41 Å². The van der Waals surface area contributed by atoms with Gasteiger partial charge in [-0.1, -0.05) is 127 Å². The SMILES string of the molecule is N=C(/C=C\C(=N)c1cccc(-c2ccc3c(c2)Oc2ccccc2C3(c2ccccc2)c2ccccc2)n1)c1ccccc1. The first-order valence-electron chi connectivity index (χ1n) is 14.6. The number of nitrogens with one attached hydrogen (secondary N) is 2. The van der Waals surface area contributed by atoms with Gasteiger partial charge in [0.05, 0.1) is 28.2 Å². The van der Waals surface area contributed by atoms with Crippen LogP contribution in [0.2, 0.25) is 0 Å². The highest BCUT2D eigenvalue weighted by Crippen LogP contribution is 2.55. The summed E-state index contributed by atoms with van der Waals surface area (Å²) in [5.41, 5.74) is 7.47. The number of hydrogen-bond acceptors (Lipinski definition) is 4. The summed E-state index contributed by atoms with van der Waals surface area (Å²) in [5, 5.41) is 17.0. The zero-order valence-electron chi connectivity index (χ0n) is 23.9. The number of ether oxygens (including phenoxy) is 1. The Balaban J connectivity index is 1.31. The van der Waals surface area contributed by atoms with Crippen molar-refractivity contribution in [1.29, 1.82) is 10.8 Å². The number of hydrogen-bond donors (Lipinski definition) is 2. The third-order valence-corrected chi connectivity index (χ3v) is 8.13. The second-order valence-electron chi connectivity index (χ2n) is 10.7. The summed E-state index contributed by atoms with van der Waals surface area (Å²) in [4.78, 5) is 4.84. The highest BCUT2D eigenvalue weighted by Gasteiger charge is 2.45. The number of para-hydroxylation sites is 1. The van der Waals surface area contributed by atoms with Crippen LogP contribution in [0.4, 0.5) is 0 Å². The molecular formula is C40H29N3O. The minimum Gasteiger partial charge on any atom is -0.457 e. The summed E-state index contributed by atoms with van der Waals surface area (Å²) in [7, 11) is 0. The van der Waals surface area contributed by atoms with Gasteiger partial charge in [0.1, 0.15) is 11.5 Å². The Morgan fingerprint density at radius 2 is 1.14 bits per heavy atom. The largest absolute Gasteiger partial charge is 0.457 e. The third kappa shape index (κ3) is 4.73. The van der Waals surface area contributed by atoms with Gasteiger partial charge < -0.3 is 10.1 Å². The summed E-state index contributed by atoms with van der Waals surface area (Å²) < 4.78 is 6.62. The van der Waals surface area contributed by atoms with Crippen LogP contribution in [-0.4, -0.2) is 16.4 Å². The highest BCUT2D eigenvalue weighted by atomic mass is 16.5. The molecule has 1 aromatic heterocycles. The Morgan fingerprint density at radius 3 is 1.84 bits per heavy atom. The molecule has 7 rings (SSSR count). The van der Waals surface area contributed by atoms with Crippen molar-refractivity contribution in [2.75, 3.05) is 0 Å². The molecule has 0 aliphatic carbocycles. The van der Waals surface area contributed by atoms with Crippen molar-refractivity contribution in [2.24, 2.45) is 0 Å². The number of aromatic nitrogens is 1. The lowest BCUT2D eigenvalue weighted by Gasteiger charge is -2.41. The Kier molecular flexibility index (Phi) is 7.01. The number of fused-ring (bicyclic) bond motifs is 2. The third-order valence-electron chi connectivity index (χ3n) is 8.13. The van der Waals surface area contributed by atoms with E-state index >= 15 is 0 Å². The van der Waals surface area contributed by atoms with Crippen LogP contribution in [0, 0.1) is 10.8 Å². The first-order chi connectivity index (χ1) is 21.6. The van der Waals surface area contributed by atoms with E-state index in [1.807, 2.05) is 72.8 Å². The molecule has 4 nitrogen and oxygen atoms in total. The van der Waals surface area contributed by atoms with Crippen LogP contribution in [0.1, 0.15) is 33.5 Å². The summed E-state index contributed by atoms with van der Waals surface area (Å²) in [6, 6.07) is 51.0. The zero-order chi connectivity index (χ0) is 29.9. The molecular weight excluding hydrogens is 538 g/mol. The van der Waals surface area contributed by atoms with Gasteiger partial charge in [0.25, 0.3) is 0 Å². The molecule has 0 saturated heterocycles. The maximum Gasteiger partial charge on any atom is 0.132 e. The maximum absolute atomic E-state index is 8.65. The fourth-order valence-electron chi connectivity index (χ4n) is 6.08. The number of allylic oxidation sites excluding steroid dienone is 2. The Bertz CT molecular complexity index is 1980. The van der Waals surface area contributed by atoms with Crippen molar-refractivity contribution in [3.63, 3.8) is 0 Å². The van der Waals surface area contributed by atoms with Gasteiger partial charge in [0, 0.05) is 16.7 Å². The van der Waals surface area contributed by atoms with Crippen LogP contribution < -0.4 is 4.74 Å². The van der Waals surface area contributed by atoms with Crippen LogP contribution in [0.5, 0.6) is 11.5 Å². The molecule has 5 aromatic carbocycles. The molecule has 44 heavy (non-hydrogen) atoms. The van der Waals surface area contributed by atoms with Crippen LogP contribution in [-0.2, 0) is 5.41 Å². The summed E-state index contributed by atoms with van der Waals surface area (Å²) in [5.74, 6) is 1.59. The minimum atomic E-state index is -0.573. The molecule has 2 heterocycles. The maximum atomic E-state index is 8.65. The predicted molar refractivity (Wildman–Crippen MR) is 177 cm³/mol. The van der Waals surface area contributed by atoms with E-state index in [0.717, 1.165) is 50.6 Å². The highest BCUT2D eigenvalue weighted by molar-refractivity contribution is 6.13. The first-order valence-corrected chi connectivity index (χ1v) is 14.6. The van der Waals surface area contributed by atoms with Crippen LogP contribution >= 0.6 is 0 Å². The lowest BCUT2D eigenvalue weighted by molar-refractivity contribution is 0.434. The molecule has 0 radical (unpaired) electrons. The van der Waals surface area contributed by atoms with E-state index in [4.69, 9.17) is 20.5 Å². The lowest BCUT2D eigenvalue weighted by Crippen LogP contribution is -2.34. The van der Waals surface area contributed by atoms with Gasteiger partial charge in [-0.3, -0.25) is 5.41 Å². The molecule has 6 aromatic rings. The van der Waals surface area contributed by atoms with E-state index in [0.29, 0.717) is 11.4 Å². The Morgan fingerprint density at radius 1 is 0.545 bits per heavy atom. The van der Waals surface area contributed by atoms with Gasteiger partial charge in [0.15, 0.2) is 0 Å². The Hall–Kier alpha value is -5.87. The van der Waals surface area contributed by atoms with Crippen LogP contribution in [0.25, 0.3) is 11.3 Å². The molecule has 0 bridgehead atoms. The number of benzene rings is 5. The van der Waals surface area contributed by atoms with Gasteiger partial charge in [-0.25, -0.2) is 4.98 Å². The molecule has 0 spiro atoms. The van der Waals surface area contributed by atoms with Crippen molar-refractivity contribution in [3.8, 4) is 22.8 Å². The van der Waals surface area contributed by atoms with Crippen LogP contribution in [0.15, 0.2) is 164 Å². The molecule has 2 N–H and O–H groups in total. The van der Waals surface area contributed by atoms with Crippen molar-refractivity contribution < 1.29 is 4.74 Å². The average Bonchev–Trinajstić information content (AvgIpc) is 3.10. The van der Waals surface area contributed by atoms with E-state index in [1.165, 1.54) is 0 Å². The second kappa shape index (κ2) is 11.4. The Labute approximate surface area is 257 Å². The van der Waals surface area contributed by atoms with E-state index in [1.54, 1.807) is 12.2 Å². The van der Waals surface area contributed by atoms with E-state index in [2.05, 4.69) is 78.9 Å². The van der Waals surface area contributed by atoms with Crippen molar-refractivity contribution in [2.45, 2.75) is 5.41 Å². The summed E-state index contributed by atoms with van der Waals surface area (Å²) in [6.45, 7) is 0. The fraction of sp³-hybridized carbons (Fsp3) is 0.0250. The zero-order valence-corrected chi connectivity index (χ0v) is 23.9. The molecule has 210 valence electrons. The number of nitrogens with zero attached hydrogens (tertiary/aromatic N) is 1. The van der Waals surface area contributed by atoms with E-state index in [-0.39, 0.29) is 5.71 Å². The fourth-order valence-corrected chi connectivity index (χ4v) is 6.08. The van der Waals surface area contributed by atoms with Gasteiger partial charge >= 0.3 is 0 Å². The normalized spacial score (nSPS) is 13.0. The average molecular weight is 568 g/mol. The van der Waals surface area contributed by atoms with Crippen molar-refractivity contribution in [3.05, 3.63) is 197 Å². The van der Waals surface area contributed by atoms with E-state index in [9.17, 15) is 0 Å². The molecule has 0 atom stereocenters. The molecule has 0 saturated carbocycles. The number of pyridine rings is 1.